The van der Waals surface area contributed by atoms with Gasteiger partial charge in [0.1, 0.15) is 0 Å². The highest BCUT2D eigenvalue weighted by Gasteiger charge is 2.03. The first-order valence-electron chi connectivity index (χ1n) is 3.65. The molecule has 0 saturated carbocycles. The Morgan fingerprint density at radius 1 is 1.64 bits per heavy atom. The fourth-order valence-electron chi connectivity index (χ4n) is 0.920. The number of hydrogen-bond donors (Lipinski definition) is 2. The summed E-state index contributed by atoms with van der Waals surface area (Å²) in [5.41, 5.74) is 6.71. The number of rotatable bonds is 3. The maximum Gasteiger partial charge on any atom is 0.0596 e. The molecule has 3 heteroatoms. The van der Waals surface area contributed by atoms with Crippen LogP contribution in [0.1, 0.15) is 11.7 Å². The molecule has 0 amide bonds. The highest BCUT2D eigenvalue weighted by Crippen LogP contribution is 2.03. The molecule has 60 valence electrons. The van der Waals surface area contributed by atoms with Gasteiger partial charge < -0.3 is 11.1 Å². The van der Waals surface area contributed by atoms with E-state index in [9.17, 15) is 0 Å². The first-order chi connectivity index (χ1) is 5.34. The zero-order chi connectivity index (χ0) is 8.10. The summed E-state index contributed by atoms with van der Waals surface area (Å²) in [6.45, 7) is 0.761. The smallest absolute Gasteiger partial charge is 0.0596 e. The number of pyridine rings is 1. The standard InChI is InChI=1S/C8H13N3/c1-10-6-7(9)8-4-2-3-5-11-8/h2-5,7,10H,6,9H2,1H3. The van der Waals surface area contributed by atoms with Crippen LogP contribution in [0.2, 0.25) is 0 Å². The molecule has 0 aliphatic carbocycles. The molecule has 0 radical (unpaired) electrons. The summed E-state index contributed by atoms with van der Waals surface area (Å²) in [5, 5.41) is 3.00. The van der Waals surface area contributed by atoms with Gasteiger partial charge in [-0.25, -0.2) is 0 Å². The first-order valence-corrected chi connectivity index (χ1v) is 3.65. The quantitative estimate of drug-likeness (QED) is 0.653. The third kappa shape index (κ3) is 2.29. The minimum Gasteiger partial charge on any atom is -0.322 e. The molecule has 3 nitrogen and oxygen atoms in total. The van der Waals surface area contributed by atoms with E-state index in [0.29, 0.717) is 0 Å². The third-order valence-corrected chi connectivity index (χ3v) is 1.49. The Labute approximate surface area is 66.6 Å². The minimum absolute atomic E-state index is 0.00111. The molecule has 1 heterocycles. The Kier molecular flexibility index (Phi) is 3.01. The lowest BCUT2D eigenvalue weighted by Gasteiger charge is -2.08. The molecule has 1 unspecified atom stereocenters. The molecule has 1 aromatic rings. The molecule has 0 spiro atoms. The van der Waals surface area contributed by atoms with Gasteiger partial charge in [0.2, 0.25) is 0 Å². The molecule has 11 heavy (non-hydrogen) atoms. The summed E-state index contributed by atoms with van der Waals surface area (Å²) in [6.07, 6.45) is 1.75. The van der Waals surface area contributed by atoms with E-state index in [-0.39, 0.29) is 6.04 Å². The number of aromatic nitrogens is 1. The fraction of sp³-hybridized carbons (Fsp3) is 0.375. The second-order valence-electron chi connectivity index (χ2n) is 2.42. The second kappa shape index (κ2) is 4.05. The molecule has 3 N–H and O–H groups in total. The van der Waals surface area contributed by atoms with Gasteiger partial charge in [-0.3, -0.25) is 4.98 Å². The molecule has 0 fully saturated rings. The summed E-state index contributed by atoms with van der Waals surface area (Å²) in [4.78, 5) is 4.13. The number of nitrogens with one attached hydrogen (secondary N) is 1. The Balaban J connectivity index is 2.61. The highest BCUT2D eigenvalue weighted by molar-refractivity contribution is 5.08. The molecule has 1 aromatic heterocycles. The van der Waals surface area contributed by atoms with Crippen LogP contribution in [0.4, 0.5) is 0 Å². The van der Waals surface area contributed by atoms with E-state index in [0.717, 1.165) is 12.2 Å². The normalized spacial score (nSPS) is 12.9. The summed E-state index contributed by atoms with van der Waals surface area (Å²) in [5.74, 6) is 0. The van der Waals surface area contributed by atoms with E-state index in [4.69, 9.17) is 5.73 Å². The molecule has 1 rings (SSSR count). The second-order valence-corrected chi connectivity index (χ2v) is 2.42. The van der Waals surface area contributed by atoms with Crippen molar-refractivity contribution in [3.05, 3.63) is 30.1 Å². The van der Waals surface area contributed by atoms with Gasteiger partial charge in [0.15, 0.2) is 0 Å². The van der Waals surface area contributed by atoms with Crippen LogP contribution >= 0.6 is 0 Å². The van der Waals surface area contributed by atoms with Crippen LogP contribution in [0, 0.1) is 0 Å². The monoisotopic (exact) mass is 151 g/mol. The van der Waals surface area contributed by atoms with E-state index < -0.39 is 0 Å². The van der Waals surface area contributed by atoms with Crippen molar-refractivity contribution in [2.24, 2.45) is 5.73 Å². The fourth-order valence-corrected chi connectivity index (χ4v) is 0.920. The minimum atomic E-state index is 0.00111. The van der Waals surface area contributed by atoms with Gasteiger partial charge in [-0.1, -0.05) is 6.07 Å². The summed E-state index contributed by atoms with van der Waals surface area (Å²) in [7, 11) is 1.88. The number of hydrogen-bond acceptors (Lipinski definition) is 3. The SMILES string of the molecule is CNCC(N)c1ccccn1. The molecule has 0 saturated heterocycles. The lowest BCUT2D eigenvalue weighted by atomic mass is 10.2. The Morgan fingerprint density at radius 3 is 3.00 bits per heavy atom. The zero-order valence-corrected chi connectivity index (χ0v) is 6.62. The van der Waals surface area contributed by atoms with Crippen LogP contribution in [0.5, 0.6) is 0 Å². The van der Waals surface area contributed by atoms with Crippen molar-refractivity contribution in [3.63, 3.8) is 0 Å². The number of likely N-dealkylation sites (N-methyl/N-ethyl adjacent to an activating group) is 1. The molecule has 0 aliphatic rings. The van der Waals surface area contributed by atoms with Crippen molar-refractivity contribution >= 4 is 0 Å². The Hall–Kier alpha value is -0.930. The van der Waals surface area contributed by atoms with E-state index in [1.807, 2.05) is 25.2 Å². The molecule has 0 aromatic carbocycles. The summed E-state index contributed by atoms with van der Waals surface area (Å²) >= 11 is 0. The molecular weight excluding hydrogens is 138 g/mol. The van der Waals surface area contributed by atoms with Gasteiger partial charge in [-0.2, -0.15) is 0 Å². The third-order valence-electron chi connectivity index (χ3n) is 1.49. The lowest BCUT2D eigenvalue weighted by molar-refractivity contribution is 0.637. The molecular formula is C8H13N3. The van der Waals surface area contributed by atoms with Crippen LogP contribution in [0.15, 0.2) is 24.4 Å². The number of nitrogens with zero attached hydrogens (tertiary/aromatic N) is 1. The van der Waals surface area contributed by atoms with Crippen LogP contribution in [-0.4, -0.2) is 18.6 Å². The Morgan fingerprint density at radius 2 is 2.45 bits per heavy atom. The maximum absolute atomic E-state index is 5.78. The maximum atomic E-state index is 5.78. The van der Waals surface area contributed by atoms with Gasteiger partial charge in [0.05, 0.1) is 11.7 Å². The Bertz CT molecular complexity index is 198. The van der Waals surface area contributed by atoms with Gasteiger partial charge >= 0.3 is 0 Å². The van der Waals surface area contributed by atoms with Crippen molar-refractivity contribution in [1.29, 1.82) is 0 Å². The van der Waals surface area contributed by atoms with Crippen molar-refractivity contribution in [1.82, 2.24) is 10.3 Å². The van der Waals surface area contributed by atoms with E-state index in [2.05, 4.69) is 10.3 Å². The largest absolute Gasteiger partial charge is 0.322 e. The summed E-state index contributed by atoms with van der Waals surface area (Å²) < 4.78 is 0. The number of nitrogens with two attached hydrogens (primary N) is 1. The average Bonchev–Trinajstić information content (AvgIpc) is 2.07. The predicted molar refractivity (Wildman–Crippen MR) is 45.1 cm³/mol. The molecule has 0 bridgehead atoms. The molecule has 0 aliphatic heterocycles. The van der Waals surface area contributed by atoms with Crippen molar-refractivity contribution in [3.8, 4) is 0 Å². The van der Waals surface area contributed by atoms with Gasteiger partial charge in [-0.15, -0.1) is 0 Å². The average molecular weight is 151 g/mol. The van der Waals surface area contributed by atoms with Crippen LogP contribution in [0.25, 0.3) is 0 Å². The molecule has 1 atom stereocenters. The predicted octanol–water partition coefficient (Wildman–Crippen LogP) is 0.301. The van der Waals surface area contributed by atoms with Crippen LogP contribution < -0.4 is 11.1 Å². The van der Waals surface area contributed by atoms with Crippen LogP contribution in [-0.2, 0) is 0 Å². The van der Waals surface area contributed by atoms with Crippen LogP contribution in [0.3, 0.4) is 0 Å². The van der Waals surface area contributed by atoms with Crippen molar-refractivity contribution in [2.75, 3.05) is 13.6 Å². The van der Waals surface area contributed by atoms with E-state index in [1.165, 1.54) is 0 Å². The zero-order valence-electron chi connectivity index (χ0n) is 6.62. The van der Waals surface area contributed by atoms with E-state index in [1.54, 1.807) is 6.20 Å². The first kappa shape index (κ1) is 8.17. The van der Waals surface area contributed by atoms with Gasteiger partial charge in [0, 0.05) is 12.7 Å². The topological polar surface area (TPSA) is 50.9 Å². The summed E-state index contributed by atoms with van der Waals surface area (Å²) in [6, 6.07) is 5.76. The van der Waals surface area contributed by atoms with Gasteiger partial charge in [0.25, 0.3) is 0 Å². The van der Waals surface area contributed by atoms with E-state index >= 15 is 0 Å². The highest BCUT2D eigenvalue weighted by atomic mass is 14.9. The van der Waals surface area contributed by atoms with Crippen molar-refractivity contribution < 1.29 is 0 Å². The lowest BCUT2D eigenvalue weighted by Crippen LogP contribution is -2.24. The van der Waals surface area contributed by atoms with Gasteiger partial charge in [-0.05, 0) is 19.2 Å². The van der Waals surface area contributed by atoms with Crippen molar-refractivity contribution in [2.45, 2.75) is 6.04 Å².